The minimum atomic E-state index is -6.14. The van der Waals surface area contributed by atoms with E-state index in [0.717, 1.165) is 17.1 Å². The van der Waals surface area contributed by atoms with E-state index in [1.807, 2.05) is 4.98 Å². The third kappa shape index (κ3) is 9.33. The number of phosphoric ester groups is 2. The molecule has 2 aliphatic heterocycles. The number of nitrogens with one attached hydrogen (secondary N) is 1. The van der Waals surface area contributed by atoms with Gasteiger partial charge in [0.05, 0.1) is 31.7 Å². The number of hydrogen-bond acceptors (Lipinski definition) is 19. The van der Waals surface area contributed by atoms with Gasteiger partial charge in [0.25, 0.3) is 5.56 Å². The molecule has 7 unspecified atom stereocenters. The summed E-state index contributed by atoms with van der Waals surface area (Å²) in [5.74, 6) is -0.793. The van der Waals surface area contributed by atoms with E-state index in [0.29, 0.717) is 0 Å². The average molecular weight is 809 g/mol. The molecule has 30 heteroatoms. The van der Waals surface area contributed by atoms with Crippen molar-refractivity contribution in [2.75, 3.05) is 18.9 Å². The van der Waals surface area contributed by atoms with Crippen molar-refractivity contribution >= 4 is 48.3 Å². The maximum atomic E-state index is 12.4. The maximum absolute atomic E-state index is 12.4. The molecule has 2 aliphatic rings. The lowest BCUT2D eigenvalue weighted by Gasteiger charge is -2.21. The Morgan fingerprint density at radius 3 is 2.12 bits per heavy atom. The molecule has 0 spiro atoms. The molecule has 0 aliphatic carbocycles. The van der Waals surface area contributed by atoms with Crippen molar-refractivity contribution < 1.29 is 79.5 Å². The van der Waals surface area contributed by atoms with Crippen LogP contribution in [0.2, 0.25) is 0 Å². The number of nitrogens with zero attached hydrogens (tertiary/aromatic N) is 5. The topological polar surface area (TPSA) is 379 Å². The lowest BCUT2D eigenvalue weighted by Crippen LogP contribution is -2.35. The Hall–Kier alpha value is -2.57. The van der Waals surface area contributed by atoms with Gasteiger partial charge >= 0.3 is 37.0 Å². The second-order valence-electron chi connectivity index (χ2n) is 11.1. The number of phosphoric acid groups is 4. The van der Waals surface area contributed by atoms with Crippen LogP contribution in [0.15, 0.2) is 28.4 Å². The fraction of sp³-hybridized carbons (Fsp3) is 0.571. The van der Waals surface area contributed by atoms with E-state index in [1.54, 1.807) is 0 Å². The number of nitrogen functional groups attached to an aromatic ring is 1. The SMILES string of the molecule is Cc1cn([C@@H]2O[C@H](COP(=O)(O)OP(=O)(O)OP(=O)(O)OP(=O)(O)OC[C@H]3O[C@@H](n4cnc5c(N)ncnc54)CC3O)C(O)C2C)c(=O)[nH]c1=O. The Morgan fingerprint density at radius 1 is 0.902 bits per heavy atom. The van der Waals surface area contributed by atoms with Gasteiger partial charge in [-0.1, -0.05) is 6.92 Å². The first-order valence-corrected chi connectivity index (χ1v) is 20.2. The summed E-state index contributed by atoms with van der Waals surface area (Å²) in [6.07, 6.45) is -4.19. The minimum absolute atomic E-state index is 0.0693. The van der Waals surface area contributed by atoms with Gasteiger partial charge in [-0.15, -0.1) is 0 Å². The van der Waals surface area contributed by atoms with E-state index in [4.69, 9.17) is 15.2 Å². The van der Waals surface area contributed by atoms with Crippen LogP contribution < -0.4 is 17.0 Å². The summed E-state index contributed by atoms with van der Waals surface area (Å²) in [6, 6.07) is 0. The molecule has 11 atom stereocenters. The Balaban J connectivity index is 1.13. The minimum Gasteiger partial charge on any atom is -0.390 e. The van der Waals surface area contributed by atoms with Gasteiger partial charge in [0, 0.05) is 24.1 Å². The number of hydrogen-bond donors (Lipinski definition) is 8. The molecule has 3 aromatic rings. The number of nitrogens with two attached hydrogens (primary N) is 1. The number of H-pyrrole nitrogens is 1. The highest BCUT2D eigenvalue weighted by molar-refractivity contribution is 7.69. The van der Waals surface area contributed by atoms with Gasteiger partial charge in [-0.3, -0.25) is 28.0 Å². The predicted octanol–water partition coefficient (Wildman–Crippen LogP) is -0.705. The third-order valence-electron chi connectivity index (χ3n) is 7.43. The number of aliphatic hydroxyl groups is 2. The number of anilines is 1. The molecular formula is C21H31N7O19P4. The summed E-state index contributed by atoms with van der Waals surface area (Å²) in [5, 5.41) is 20.9. The number of fused-ring (bicyclic) bond motifs is 1. The molecule has 0 amide bonds. The number of ether oxygens (including phenoxy) is 2. The lowest BCUT2D eigenvalue weighted by atomic mass is 10.0. The molecule has 51 heavy (non-hydrogen) atoms. The molecule has 5 heterocycles. The largest absolute Gasteiger partial charge is 0.490 e. The van der Waals surface area contributed by atoms with Gasteiger partial charge in [-0.25, -0.2) is 38.0 Å². The van der Waals surface area contributed by atoms with Crippen LogP contribution in [0.3, 0.4) is 0 Å². The first kappa shape index (κ1) is 39.6. The molecule has 9 N–H and O–H groups in total. The molecule has 2 fully saturated rings. The number of aliphatic hydroxyl groups excluding tert-OH is 2. The van der Waals surface area contributed by atoms with Crippen LogP contribution in [0.1, 0.15) is 31.4 Å². The lowest BCUT2D eigenvalue weighted by molar-refractivity contribution is -0.0468. The standard InChI is InChI=1S/C21H31N7O19P4/c1-9-4-27(21(32)26-19(9)31)20-10(2)16(30)13(44-20)6-42-49(35,36)46-51(39,40)47-50(37,38)45-48(33,34)41-5-12-11(29)3-14(43-12)28-8-25-15-17(22)23-7-24-18(15)28/h4,7-8,10-14,16,20,29-30H,3,5-6H2,1-2H3,(H,33,34)(H,35,36)(H,37,38)(H,39,40)(H2,22,23,24)(H,26,31,32)/t10?,11?,12-,13-,14-,16?,20-/m1/s1. The van der Waals surface area contributed by atoms with Crippen molar-refractivity contribution in [3.05, 3.63) is 45.3 Å². The highest BCUT2D eigenvalue weighted by Gasteiger charge is 2.48. The smallest absolute Gasteiger partial charge is 0.390 e. The average Bonchev–Trinajstić information content (AvgIpc) is 3.67. The monoisotopic (exact) mass is 809 g/mol. The Kier molecular flexibility index (Phi) is 11.4. The van der Waals surface area contributed by atoms with Gasteiger partial charge in [-0.05, 0) is 6.92 Å². The zero-order valence-corrected chi connectivity index (χ0v) is 29.6. The normalized spacial score (nSPS) is 30.1. The quantitative estimate of drug-likeness (QED) is 0.0933. The van der Waals surface area contributed by atoms with Gasteiger partial charge in [0.1, 0.15) is 36.5 Å². The molecule has 0 bridgehead atoms. The van der Waals surface area contributed by atoms with E-state index in [9.17, 15) is 57.6 Å². The first-order valence-electron chi connectivity index (χ1n) is 14.2. The molecule has 284 valence electrons. The number of aromatic amines is 1. The molecular weight excluding hydrogens is 778 g/mol. The van der Waals surface area contributed by atoms with Gasteiger partial charge in [0.2, 0.25) is 0 Å². The van der Waals surface area contributed by atoms with E-state index in [1.165, 1.54) is 24.7 Å². The number of imidazole rings is 1. The van der Waals surface area contributed by atoms with Crippen molar-refractivity contribution in [1.29, 1.82) is 0 Å². The maximum Gasteiger partial charge on any atom is 0.490 e. The Morgan fingerprint density at radius 2 is 1.49 bits per heavy atom. The Bertz CT molecular complexity index is 2090. The van der Waals surface area contributed by atoms with Crippen molar-refractivity contribution in [3.63, 3.8) is 0 Å². The highest BCUT2D eigenvalue weighted by Crippen LogP contribution is 2.71. The van der Waals surface area contributed by atoms with E-state index < -0.39 is 98.5 Å². The summed E-state index contributed by atoms with van der Waals surface area (Å²) < 4.78 is 83.7. The van der Waals surface area contributed by atoms with Crippen molar-refractivity contribution in [2.45, 2.75) is 57.1 Å². The highest BCUT2D eigenvalue weighted by atomic mass is 31.3. The van der Waals surface area contributed by atoms with Crippen molar-refractivity contribution in [1.82, 2.24) is 29.1 Å². The summed E-state index contributed by atoms with van der Waals surface area (Å²) >= 11 is 0. The molecule has 26 nitrogen and oxygen atoms in total. The summed E-state index contributed by atoms with van der Waals surface area (Å²) in [7, 11) is -23.6. The number of aromatic nitrogens is 6. The van der Waals surface area contributed by atoms with Gasteiger partial charge < -0.3 is 45.0 Å². The van der Waals surface area contributed by atoms with Gasteiger partial charge in [-0.2, -0.15) is 12.9 Å². The number of aryl methyl sites for hydroxylation is 1. The van der Waals surface area contributed by atoms with E-state index in [2.05, 4.69) is 36.9 Å². The van der Waals surface area contributed by atoms with Crippen LogP contribution in [0, 0.1) is 12.8 Å². The van der Waals surface area contributed by atoms with Gasteiger partial charge in [0.15, 0.2) is 11.5 Å². The van der Waals surface area contributed by atoms with Crippen LogP contribution in [0.5, 0.6) is 0 Å². The van der Waals surface area contributed by atoms with Crippen molar-refractivity contribution in [3.8, 4) is 0 Å². The summed E-state index contributed by atoms with van der Waals surface area (Å²) in [6.45, 7) is 0.875. The van der Waals surface area contributed by atoms with E-state index >= 15 is 0 Å². The Labute approximate surface area is 284 Å². The van der Waals surface area contributed by atoms with Crippen LogP contribution in [0.4, 0.5) is 5.82 Å². The number of rotatable bonds is 14. The van der Waals surface area contributed by atoms with Crippen LogP contribution >= 0.6 is 31.3 Å². The van der Waals surface area contributed by atoms with Crippen LogP contribution in [0.25, 0.3) is 11.2 Å². The van der Waals surface area contributed by atoms with Crippen molar-refractivity contribution in [2.24, 2.45) is 5.92 Å². The fourth-order valence-electron chi connectivity index (χ4n) is 5.04. The first-order chi connectivity index (χ1) is 23.6. The fourth-order valence-corrected chi connectivity index (χ4v) is 10.00. The molecule has 0 saturated carbocycles. The van der Waals surface area contributed by atoms with Crippen LogP contribution in [-0.4, -0.2) is 96.5 Å². The predicted molar refractivity (Wildman–Crippen MR) is 164 cm³/mol. The molecule has 0 radical (unpaired) electrons. The summed E-state index contributed by atoms with van der Waals surface area (Å²) in [5.41, 5.74) is 4.79. The third-order valence-corrected chi connectivity index (χ3v) is 13.3. The molecule has 5 rings (SSSR count). The molecule has 2 saturated heterocycles. The zero-order chi connectivity index (χ0) is 37.7. The summed E-state index contributed by atoms with van der Waals surface area (Å²) in [4.78, 5) is 77.4. The van der Waals surface area contributed by atoms with E-state index in [-0.39, 0.29) is 29.0 Å². The second-order valence-corrected chi connectivity index (χ2v) is 17.3. The molecule has 3 aromatic heterocycles. The van der Waals surface area contributed by atoms with Crippen LogP contribution in [-0.2, 0) is 49.7 Å². The zero-order valence-electron chi connectivity index (χ0n) is 26.0. The molecule has 0 aromatic carbocycles. The second kappa shape index (κ2) is 14.7.